The number of hydrogen-bond donors (Lipinski definition) is 1. The zero-order chi connectivity index (χ0) is 10.0. The lowest BCUT2D eigenvalue weighted by atomic mass is 9.92. The van der Waals surface area contributed by atoms with Gasteiger partial charge in [-0.3, -0.25) is 0 Å². The molecule has 1 fully saturated rings. The van der Waals surface area contributed by atoms with E-state index in [9.17, 15) is 5.11 Å². The number of thioether (sulfide) groups is 1. The van der Waals surface area contributed by atoms with Crippen LogP contribution in [0.4, 0.5) is 0 Å². The molecule has 2 heteroatoms. The van der Waals surface area contributed by atoms with Crippen LogP contribution in [0.2, 0.25) is 0 Å². The quantitative estimate of drug-likeness (QED) is 0.806. The molecule has 1 aromatic rings. The molecule has 0 amide bonds. The van der Waals surface area contributed by atoms with E-state index in [-0.39, 0.29) is 0 Å². The van der Waals surface area contributed by atoms with Gasteiger partial charge in [0.05, 0.1) is 5.60 Å². The molecule has 1 heterocycles. The monoisotopic (exact) mass is 208 g/mol. The van der Waals surface area contributed by atoms with Crippen LogP contribution in [0.3, 0.4) is 0 Å². The van der Waals surface area contributed by atoms with Crippen molar-refractivity contribution in [3.63, 3.8) is 0 Å². The van der Waals surface area contributed by atoms with Crippen molar-refractivity contribution in [3.8, 4) is 0 Å². The minimum atomic E-state index is -0.559. The van der Waals surface area contributed by atoms with Crippen LogP contribution in [0.5, 0.6) is 0 Å². The van der Waals surface area contributed by atoms with Crippen LogP contribution in [-0.4, -0.2) is 16.6 Å². The average Bonchev–Trinajstić information content (AvgIpc) is 2.67. The average molecular weight is 208 g/mol. The first-order valence-electron chi connectivity index (χ1n) is 5.14. The Balaban J connectivity index is 2.23. The Kier molecular flexibility index (Phi) is 2.84. The molecule has 14 heavy (non-hydrogen) atoms. The highest BCUT2D eigenvalue weighted by Crippen LogP contribution is 2.36. The minimum absolute atomic E-state index is 0.559. The summed E-state index contributed by atoms with van der Waals surface area (Å²) in [6.45, 7) is 2.15. The summed E-state index contributed by atoms with van der Waals surface area (Å²) >= 11 is 1.84. The standard InChI is InChI=1S/C12H16OS/c1-2-10-3-5-11(6-4-10)12(13)7-8-14-9-12/h3-6,13H,2,7-9H2,1H3/t12-/m1/s1. The van der Waals surface area contributed by atoms with Crippen LogP contribution in [-0.2, 0) is 12.0 Å². The van der Waals surface area contributed by atoms with Gasteiger partial charge >= 0.3 is 0 Å². The molecule has 1 aromatic carbocycles. The van der Waals surface area contributed by atoms with E-state index in [1.807, 2.05) is 11.8 Å². The maximum Gasteiger partial charge on any atom is 0.0994 e. The highest BCUT2D eigenvalue weighted by molar-refractivity contribution is 7.99. The zero-order valence-corrected chi connectivity index (χ0v) is 9.31. The Morgan fingerprint density at radius 2 is 2.07 bits per heavy atom. The molecule has 1 saturated heterocycles. The van der Waals surface area contributed by atoms with Gasteiger partial charge in [0.2, 0.25) is 0 Å². The van der Waals surface area contributed by atoms with E-state index in [2.05, 4.69) is 31.2 Å². The van der Waals surface area contributed by atoms with E-state index < -0.39 is 5.60 Å². The Labute approximate surface area is 89.5 Å². The zero-order valence-electron chi connectivity index (χ0n) is 8.49. The summed E-state index contributed by atoms with van der Waals surface area (Å²) in [6, 6.07) is 8.39. The highest BCUT2D eigenvalue weighted by atomic mass is 32.2. The highest BCUT2D eigenvalue weighted by Gasteiger charge is 2.33. The third-order valence-corrected chi connectivity index (χ3v) is 4.07. The van der Waals surface area contributed by atoms with Crippen LogP contribution in [0.25, 0.3) is 0 Å². The van der Waals surface area contributed by atoms with Gasteiger partial charge in [0.15, 0.2) is 0 Å². The van der Waals surface area contributed by atoms with Crippen molar-refractivity contribution in [2.75, 3.05) is 11.5 Å². The van der Waals surface area contributed by atoms with Crippen LogP contribution >= 0.6 is 11.8 Å². The number of hydrogen-bond acceptors (Lipinski definition) is 2. The second-order valence-electron chi connectivity index (χ2n) is 3.88. The lowest BCUT2D eigenvalue weighted by Gasteiger charge is -2.21. The van der Waals surface area contributed by atoms with Gasteiger partial charge in [0, 0.05) is 5.75 Å². The molecule has 0 unspecified atom stereocenters. The molecule has 0 aromatic heterocycles. The van der Waals surface area contributed by atoms with Crippen molar-refractivity contribution in [2.24, 2.45) is 0 Å². The molecule has 2 rings (SSSR count). The predicted octanol–water partition coefficient (Wildman–Crippen LogP) is 2.57. The van der Waals surface area contributed by atoms with Crippen molar-refractivity contribution in [1.82, 2.24) is 0 Å². The van der Waals surface area contributed by atoms with Gasteiger partial charge in [0.25, 0.3) is 0 Å². The topological polar surface area (TPSA) is 20.2 Å². The first kappa shape index (κ1) is 10.1. The van der Waals surface area contributed by atoms with E-state index in [0.29, 0.717) is 0 Å². The molecule has 1 nitrogen and oxygen atoms in total. The summed E-state index contributed by atoms with van der Waals surface area (Å²) in [4.78, 5) is 0. The first-order chi connectivity index (χ1) is 6.74. The molecule has 1 aliphatic rings. The lowest BCUT2D eigenvalue weighted by molar-refractivity contribution is 0.0657. The fraction of sp³-hybridized carbons (Fsp3) is 0.500. The molecule has 1 aliphatic heterocycles. The number of benzene rings is 1. The second kappa shape index (κ2) is 3.95. The largest absolute Gasteiger partial charge is 0.384 e. The Hall–Kier alpha value is -0.470. The molecule has 1 N–H and O–H groups in total. The maximum absolute atomic E-state index is 10.3. The van der Waals surface area contributed by atoms with Gasteiger partial charge in [-0.2, -0.15) is 11.8 Å². The molecule has 0 aliphatic carbocycles. The summed E-state index contributed by atoms with van der Waals surface area (Å²) in [5, 5.41) is 10.3. The summed E-state index contributed by atoms with van der Waals surface area (Å²) < 4.78 is 0. The van der Waals surface area contributed by atoms with Crippen molar-refractivity contribution < 1.29 is 5.11 Å². The van der Waals surface area contributed by atoms with E-state index in [4.69, 9.17) is 0 Å². The van der Waals surface area contributed by atoms with Crippen molar-refractivity contribution >= 4 is 11.8 Å². The maximum atomic E-state index is 10.3. The number of aliphatic hydroxyl groups is 1. The number of aryl methyl sites for hydroxylation is 1. The van der Waals surface area contributed by atoms with Gasteiger partial charge in [0.1, 0.15) is 0 Å². The summed E-state index contributed by atoms with van der Waals surface area (Å²) in [5.74, 6) is 1.92. The van der Waals surface area contributed by atoms with Gasteiger partial charge in [-0.15, -0.1) is 0 Å². The molecule has 0 saturated carbocycles. The second-order valence-corrected chi connectivity index (χ2v) is 4.99. The van der Waals surface area contributed by atoms with Crippen molar-refractivity contribution in [3.05, 3.63) is 35.4 Å². The Bertz CT molecular complexity index is 299. The van der Waals surface area contributed by atoms with Crippen LogP contribution in [0.15, 0.2) is 24.3 Å². The van der Waals surface area contributed by atoms with Crippen LogP contribution in [0.1, 0.15) is 24.5 Å². The molecule has 0 spiro atoms. The minimum Gasteiger partial charge on any atom is -0.384 e. The molecular formula is C12H16OS. The molecule has 0 bridgehead atoms. The third kappa shape index (κ3) is 1.82. The summed E-state index contributed by atoms with van der Waals surface area (Å²) in [7, 11) is 0. The normalized spacial score (nSPS) is 26.7. The Morgan fingerprint density at radius 1 is 1.36 bits per heavy atom. The van der Waals surface area contributed by atoms with Gasteiger partial charge < -0.3 is 5.11 Å². The molecule has 0 radical (unpaired) electrons. The van der Waals surface area contributed by atoms with E-state index in [1.54, 1.807) is 0 Å². The summed E-state index contributed by atoms with van der Waals surface area (Å²) in [5.41, 5.74) is 1.86. The fourth-order valence-corrected chi connectivity index (χ4v) is 3.11. The smallest absolute Gasteiger partial charge is 0.0994 e. The molecule has 1 atom stereocenters. The van der Waals surface area contributed by atoms with Crippen LogP contribution < -0.4 is 0 Å². The Morgan fingerprint density at radius 3 is 2.57 bits per heavy atom. The first-order valence-corrected chi connectivity index (χ1v) is 6.29. The van der Waals surface area contributed by atoms with Crippen LogP contribution in [0, 0.1) is 0 Å². The van der Waals surface area contributed by atoms with Gasteiger partial charge in [-0.1, -0.05) is 31.2 Å². The number of rotatable bonds is 2. The van der Waals surface area contributed by atoms with E-state index in [1.165, 1.54) is 5.56 Å². The van der Waals surface area contributed by atoms with E-state index >= 15 is 0 Å². The van der Waals surface area contributed by atoms with Crippen molar-refractivity contribution in [2.45, 2.75) is 25.4 Å². The molecular weight excluding hydrogens is 192 g/mol. The third-order valence-electron chi connectivity index (χ3n) is 2.90. The molecule has 76 valence electrons. The van der Waals surface area contributed by atoms with Crippen molar-refractivity contribution in [1.29, 1.82) is 0 Å². The lowest BCUT2D eigenvalue weighted by Crippen LogP contribution is -2.24. The van der Waals surface area contributed by atoms with Gasteiger partial charge in [-0.25, -0.2) is 0 Å². The van der Waals surface area contributed by atoms with E-state index in [0.717, 1.165) is 29.9 Å². The SMILES string of the molecule is CCc1ccc([C@@]2(O)CCSC2)cc1. The summed E-state index contributed by atoms with van der Waals surface area (Å²) in [6.07, 6.45) is 1.95. The fourth-order valence-electron chi connectivity index (χ4n) is 1.83. The van der Waals surface area contributed by atoms with Gasteiger partial charge in [-0.05, 0) is 29.7 Å². The predicted molar refractivity (Wildman–Crippen MR) is 61.7 cm³/mol.